The summed E-state index contributed by atoms with van der Waals surface area (Å²) < 4.78 is 12.0. The van der Waals surface area contributed by atoms with Crippen LogP contribution in [-0.4, -0.2) is 8.41 Å². The molecule has 0 atom stereocenters. The highest BCUT2D eigenvalue weighted by atomic mass is 16.3. The summed E-state index contributed by atoms with van der Waals surface area (Å²) >= 11 is 0. The quantitative estimate of drug-likeness (QED) is 0.251. The SMILES string of the molecule is N#Cc1c(-c2ccc3oc4ccccc4c3c2)cccc1-c1ccc2oc3ccccc3c2c1.[B]. The van der Waals surface area contributed by atoms with Crippen molar-refractivity contribution in [2.75, 3.05) is 0 Å². The van der Waals surface area contributed by atoms with Gasteiger partial charge in [-0.3, -0.25) is 0 Å². The molecule has 0 fully saturated rings. The molecule has 0 bridgehead atoms. The first-order valence-corrected chi connectivity index (χ1v) is 11.2. The highest BCUT2D eigenvalue weighted by molar-refractivity contribution is 6.08. The molecule has 0 unspecified atom stereocenters. The molecule has 0 aliphatic heterocycles. The Morgan fingerprint density at radius 2 is 0.943 bits per heavy atom. The first-order valence-electron chi connectivity index (χ1n) is 11.2. The number of nitrogens with zero attached hydrogens (tertiary/aromatic N) is 1. The number of hydrogen-bond donors (Lipinski definition) is 0. The maximum absolute atomic E-state index is 10.2. The molecule has 161 valence electrons. The van der Waals surface area contributed by atoms with Crippen molar-refractivity contribution in [2.45, 2.75) is 0 Å². The average molecular weight is 446 g/mol. The topological polar surface area (TPSA) is 50.1 Å². The van der Waals surface area contributed by atoms with Crippen molar-refractivity contribution in [2.24, 2.45) is 0 Å². The molecule has 35 heavy (non-hydrogen) atoms. The van der Waals surface area contributed by atoms with Crippen LogP contribution in [0, 0.1) is 11.3 Å². The molecule has 4 heteroatoms. The van der Waals surface area contributed by atoms with E-state index in [0.29, 0.717) is 5.56 Å². The van der Waals surface area contributed by atoms with Crippen LogP contribution in [-0.2, 0) is 0 Å². The first-order chi connectivity index (χ1) is 16.8. The van der Waals surface area contributed by atoms with Gasteiger partial charge < -0.3 is 8.83 Å². The van der Waals surface area contributed by atoms with Gasteiger partial charge in [-0.05, 0) is 47.5 Å². The van der Waals surface area contributed by atoms with Gasteiger partial charge in [0.15, 0.2) is 0 Å². The molecule has 0 spiro atoms. The van der Waals surface area contributed by atoms with E-state index in [2.05, 4.69) is 30.3 Å². The molecule has 0 N–H and O–H groups in total. The van der Waals surface area contributed by atoms with Crippen LogP contribution < -0.4 is 0 Å². The van der Waals surface area contributed by atoms with Crippen LogP contribution in [0.4, 0.5) is 0 Å². The van der Waals surface area contributed by atoms with Gasteiger partial charge in [-0.1, -0.05) is 66.7 Å². The molecule has 0 saturated heterocycles. The molecule has 2 aromatic heterocycles. The Balaban J connectivity index is 0.00000229. The summed E-state index contributed by atoms with van der Waals surface area (Å²) in [6.07, 6.45) is 0. The van der Waals surface area contributed by atoms with Gasteiger partial charge >= 0.3 is 0 Å². The van der Waals surface area contributed by atoms with E-state index in [0.717, 1.165) is 66.1 Å². The zero-order chi connectivity index (χ0) is 22.6. The summed E-state index contributed by atoms with van der Waals surface area (Å²) in [5, 5.41) is 14.5. The highest BCUT2D eigenvalue weighted by Crippen LogP contribution is 2.38. The summed E-state index contributed by atoms with van der Waals surface area (Å²) in [6, 6.07) is 36.8. The average Bonchev–Trinajstić information content (AvgIpc) is 3.45. The summed E-state index contributed by atoms with van der Waals surface area (Å²) in [5.74, 6) is 0. The van der Waals surface area contributed by atoms with Crippen molar-refractivity contribution < 1.29 is 8.83 Å². The molecule has 3 nitrogen and oxygen atoms in total. The third kappa shape index (κ3) is 3.14. The van der Waals surface area contributed by atoms with Crippen LogP contribution in [0.5, 0.6) is 0 Å². The second kappa shape index (κ2) is 7.93. The van der Waals surface area contributed by atoms with Crippen molar-refractivity contribution in [3.05, 3.63) is 109 Å². The molecule has 5 aromatic carbocycles. The lowest BCUT2D eigenvalue weighted by Crippen LogP contribution is -1.90. The largest absolute Gasteiger partial charge is 0.456 e. The molecule has 7 aromatic rings. The van der Waals surface area contributed by atoms with Crippen molar-refractivity contribution in [1.29, 1.82) is 5.26 Å². The van der Waals surface area contributed by atoms with Gasteiger partial charge in [0.25, 0.3) is 0 Å². The van der Waals surface area contributed by atoms with Crippen LogP contribution in [0.15, 0.2) is 112 Å². The summed E-state index contributed by atoms with van der Waals surface area (Å²) in [7, 11) is 0. The van der Waals surface area contributed by atoms with E-state index in [1.165, 1.54) is 0 Å². The monoisotopic (exact) mass is 446 g/mol. The third-order valence-electron chi connectivity index (χ3n) is 6.55. The Morgan fingerprint density at radius 1 is 0.486 bits per heavy atom. The predicted molar refractivity (Wildman–Crippen MR) is 142 cm³/mol. The molecule has 3 radical (unpaired) electrons. The number of fused-ring (bicyclic) bond motifs is 6. The summed E-state index contributed by atoms with van der Waals surface area (Å²) in [5.41, 5.74) is 7.87. The maximum Gasteiger partial charge on any atom is 0.135 e. The van der Waals surface area contributed by atoms with Crippen molar-refractivity contribution >= 4 is 52.3 Å². The van der Waals surface area contributed by atoms with Crippen LogP contribution in [0.2, 0.25) is 0 Å². The second-order valence-corrected chi connectivity index (χ2v) is 8.46. The van der Waals surface area contributed by atoms with E-state index in [1.54, 1.807) is 0 Å². The van der Waals surface area contributed by atoms with Crippen molar-refractivity contribution in [3.63, 3.8) is 0 Å². The van der Waals surface area contributed by atoms with E-state index in [1.807, 2.05) is 78.9 Å². The van der Waals surface area contributed by atoms with Crippen molar-refractivity contribution in [3.8, 4) is 28.3 Å². The van der Waals surface area contributed by atoms with Crippen LogP contribution >= 0.6 is 0 Å². The molecule has 0 amide bonds. The number of hydrogen-bond acceptors (Lipinski definition) is 3. The van der Waals surface area contributed by atoms with E-state index < -0.39 is 0 Å². The molecule has 0 aliphatic rings. The predicted octanol–water partition coefficient (Wildman–Crippen LogP) is 8.31. The van der Waals surface area contributed by atoms with Gasteiger partial charge in [0.05, 0.1) is 5.56 Å². The molecule has 0 saturated carbocycles. The highest BCUT2D eigenvalue weighted by Gasteiger charge is 2.15. The molecule has 2 heterocycles. The van der Waals surface area contributed by atoms with Gasteiger partial charge in [-0.25, -0.2) is 0 Å². The Kier molecular flexibility index (Phi) is 4.72. The fourth-order valence-electron chi connectivity index (χ4n) is 4.94. The standard InChI is InChI=1S/C31H17NO2.B/c32-18-27-21(19-12-14-30-25(16-19)23-6-1-3-10-28(23)33-30)8-5-9-22(27)20-13-15-31-26(17-20)24-7-2-4-11-29(24)34-31;/h1-17H;. The van der Waals surface area contributed by atoms with Gasteiger partial charge in [0.1, 0.15) is 28.4 Å². The Morgan fingerprint density at radius 3 is 1.43 bits per heavy atom. The number of nitriles is 1. The second-order valence-electron chi connectivity index (χ2n) is 8.46. The van der Waals surface area contributed by atoms with Gasteiger partial charge in [-0.2, -0.15) is 5.26 Å². The number of rotatable bonds is 2. The molecule has 0 aliphatic carbocycles. The fraction of sp³-hybridized carbons (Fsp3) is 0. The Bertz CT molecular complexity index is 1810. The maximum atomic E-state index is 10.2. The summed E-state index contributed by atoms with van der Waals surface area (Å²) in [6.45, 7) is 0. The lowest BCUT2D eigenvalue weighted by molar-refractivity contribution is 0.668. The van der Waals surface area contributed by atoms with Crippen LogP contribution in [0.3, 0.4) is 0 Å². The number of benzene rings is 5. The number of para-hydroxylation sites is 2. The molecular weight excluding hydrogens is 429 g/mol. The Hall–Kier alpha value is -4.75. The number of furan rings is 2. The normalized spacial score (nSPS) is 11.2. The zero-order valence-corrected chi connectivity index (χ0v) is 18.7. The summed E-state index contributed by atoms with van der Waals surface area (Å²) in [4.78, 5) is 0. The van der Waals surface area contributed by atoms with E-state index >= 15 is 0 Å². The van der Waals surface area contributed by atoms with Gasteiger partial charge in [-0.15, -0.1) is 0 Å². The smallest absolute Gasteiger partial charge is 0.135 e. The Labute approximate surface area is 203 Å². The fourth-order valence-corrected chi connectivity index (χ4v) is 4.94. The zero-order valence-electron chi connectivity index (χ0n) is 18.7. The van der Waals surface area contributed by atoms with Gasteiger partial charge in [0, 0.05) is 41.1 Å². The van der Waals surface area contributed by atoms with Gasteiger partial charge in [0.2, 0.25) is 0 Å². The lowest BCUT2D eigenvalue weighted by Gasteiger charge is -2.10. The first kappa shape index (κ1) is 20.8. The third-order valence-corrected chi connectivity index (χ3v) is 6.55. The van der Waals surface area contributed by atoms with Crippen LogP contribution in [0.25, 0.3) is 66.1 Å². The van der Waals surface area contributed by atoms with Crippen LogP contribution in [0.1, 0.15) is 5.56 Å². The molecular formula is C31H17BNO2. The van der Waals surface area contributed by atoms with E-state index in [4.69, 9.17) is 8.83 Å². The van der Waals surface area contributed by atoms with E-state index in [-0.39, 0.29) is 8.41 Å². The minimum absolute atomic E-state index is 0. The minimum Gasteiger partial charge on any atom is -0.456 e. The molecule has 7 rings (SSSR count). The van der Waals surface area contributed by atoms with E-state index in [9.17, 15) is 5.26 Å². The lowest BCUT2D eigenvalue weighted by atomic mass is 9.91. The minimum atomic E-state index is 0. The van der Waals surface area contributed by atoms with Crippen molar-refractivity contribution in [1.82, 2.24) is 0 Å².